The average Bonchev–Trinajstić information content (AvgIpc) is 2.58. The molecule has 0 atom stereocenters. The second-order valence-corrected chi connectivity index (χ2v) is 5.47. The molecule has 0 unspecified atom stereocenters. The van der Waals surface area contributed by atoms with E-state index in [-0.39, 0.29) is 12.3 Å². The first kappa shape index (κ1) is 18.0. The standard InChI is InChI=1S/C18H14Cl2N2O2/c1-2-24-18(23)17(11-13-3-5-14(19)6-4-13)22-12-21-16-9-7-15(20)8-10-16/h3-11H,2H2,1H3/b17-11-. The predicted octanol–water partition coefficient (Wildman–Crippen LogP) is 5.40. The van der Waals surface area contributed by atoms with E-state index in [9.17, 15) is 4.79 Å². The lowest BCUT2D eigenvalue weighted by molar-refractivity contribution is -0.138. The fraction of sp³-hybridized carbons (Fsp3) is 0.111. The highest BCUT2D eigenvalue weighted by Gasteiger charge is 2.09. The van der Waals surface area contributed by atoms with E-state index in [4.69, 9.17) is 27.9 Å². The monoisotopic (exact) mass is 360 g/mol. The number of nitrogens with zero attached hydrogens (tertiary/aromatic N) is 2. The third kappa shape index (κ3) is 5.67. The van der Waals surface area contributed by atoms with Crippen molar-refractivity contribution in [2.24, 2.45) is 9.98 Å². The summed E-state index contributed by atoms with van der Waals surface area (Å²) in [5, 5.41) is 1.22. The zero-order valence-corrected chi connectivity index (χ0v) is 14.4. The number of carbonyl (C=O) groups is 1. The normalized spacial score (nSPS) is 10.7. The second-order valence-electron chi connectivity index (χ2n) is 4.60. The van der Waals surface area contributed by atoms with E-state index in [2.05, 4.69) is 16.0 Å². The van der Waals surface area contributed by atoms with Crippen molar-refractivity contribution < 1.29 is 9.53 Å². The predicted molar refractivity (Wildman–Crippen MR) is 97.0 cm³/mol. The molecule has 0 aliphatic carbocycles. The van der Waals surface area contributed by atoms with E-state index in [1.54, 1.807) is 61.5 Å². The highest BCUT2D eigenvalue weighted by atomic mass is 35.5. The molecule has 0 aliphatic heterocycles. The van der Waals surface area contributed by atoms with Crippen LogP contribution in [0.25, 0.3) is 6.08 Å². The Morgan fingerprint density at radius 1 is 1.08 bits per heavy atom. The third-order valence-corrected chi connectivity index (χ3v) is 3.34. The molecule has 6 heteroatoms. The van der Waals surface area contributed by atoms with Gasteiger partial charge in [-0.1, -0.05) is 35.3 Å². The van der Waals surface area contributed by atoms with Crippen LogP contribution in [0.15, 0.2) is 64.2 Å². The maximum atomic E-state index is 12.0. The Labute approximate surface area is 150 Å². The zero-order chi connectivity index (χ0) is 17.4. The Bertz CT molecular complexity index is 791. The van der Waals surface area contributed by atoms with Gasteiger partial charge in [-0.25, -0.2) is 4.79 Å². The third-order valence-electron chi connectivity index (χ3n) is 2.83. The van der Waals surface area contributed by atoms with Gasteiger partial charge >= 0.3 is 5.97 Å². The Hall–Kier alpha value is -2.39. The molecule has 24 heavy (non-hydrogen) atoms. The van der Waals surface area contributed by atoms with E-state index in [0.717, 1.165) is 5.56 Å². The first-order valence-corrected chi connectivity index (χ1v) is 7.90. The number of ether oxygens (including phenoxy) is 1. The molecule has 4 nitrogen and oxygen atoms in total. The molecule has 0 N–H and O–H groups in total. The Kier molecular flexibility index (Phi) is 6.76. The quantitative estimate of drug-likeness (QED) is 0.407. The van der Waals surface area contributed by atoms with Crippen LogP contribution in [-0.4, -0.2) is 18.6 Å². The fourth-order valence-electron chi connectivity index (χ4n) is 1.71. The van der Waals surface area contributed by atoms with Crippen LogP contribution in [0.1, 0.15) is 12.5 Å². The molecule has 0 saturated carbocycles. The summed E-state index contributed by atoms with van der Waals surface area (Å²) >= 11 is 11.7. The van der Waals surface area contributed by atoms with Crippen LogP contribution in [-0.2, 0) is 9.53 Å². The molecule has 2 aromatic carbocycles. The van der Waals surface area contributed by atoms with Crippen molar-refractivity contribution in [2.45, 2.75) is 6.92 Å². The van der Waals surface area contributed by atoms with Crippen molar-refractivity contribution in [3.05, 3.63) is 69.8 Å². The molecular formula is C18H14Cl2N2O2. The zero-order valence-electron chi connectivity index (χ0n) is 12.9. The number of aliphatic imine (C=N–C) groups is 2. The van der Waals surface area contributed by atoms with E-state index in [1.807, 2.05) is 0 Å². The Morgan fingerprint density at radius 2 is 1.67 bits per heavy atom. The van der Waals surface area contributed by atoms with Gasteiger partial charge in [-0.2, -0.15) is 9.98 Å². The van der Waals surface area contributed by atoms with Gasteiger partial charge in [-0.15, -0.1) is 0 Å². The summed E-state index contributed by atoms with van der Waals surface area (Å²) in [5.41, 5.74) is 1.48. The van der Waals surface area contributed by atoms with E-state index in [1.165, 1.54) is 0 Å². The molecule has 2 aromatic rings. The van der Waals surface area contributed by atoms with Crippen LogP contribution in [0, 0.1) is 0 Å². The molecule has 0 heterocycles. The van der Waals surface area contributed by atoms with Gasteiger partial charge in [0.15, 0.2) is 5.70 Å². The van der Waals surface area contributed by atoms with Crippen molar-refractivity contribution in [2.75, 3.05) is 6.61 Å². The molecule has 2 rings (SSSR count). The number of carbonyl (C=O) groups excluding carboxylic acids is 1. The minimum absolute atomic E-state index is 0.0943. The van der Waals surface area contributed by atoms with Crippen molar-refractivity contribution in [3.8, 4) is 0 Å². The van der Waals surface area contributed by atoms with Gasteiger partial charge in [0.25, 0.3) is 0 Å². The highest BCUT2D eigenvalue weighted by molar-refractivity contribution is 6.30. The van der Waals surface area contributed by atoms with Crippen LogP contribution in [0.5, 0.6) is 0 Å². The van der Waals surface area contributed by atoms with E-state index in [0.29, 0.717) is 15.7 Å². The van der Waals surface area contributed by atoms with Gasteiger partial charge in [0.05, 0.1) is 12.3 Å². The molecule has 0 fully saturated rings. The second kappa shape index (κ2) is 9.04. The summed E-state index contributed by atoms with van der Waals surface area (Å²) in [6.45, 7) is 1.98. The van der Waals surface area contributed by atoms with Gasteiger partial charge < -0.3 is 4.74 Å². The smallest absolute Gasteiger partial charge is 0.357 e. The SMILES string of the molecule is CCOC(=O)/C(=C/c1ccc(Cl)cc1)N=C=Nc1ccc(Cl)cc1. The van der Waals surface area contributed by atoms with Crippen molar-refractivity contribution in [3.63, 3.8) is 0 Å². The van der Waals surface area contributed by atoms with Crippen molar-refractivity contribution in [1.82, 2.24) is 0 Å². The van der Waals surface area contributed by atoms with Crippen LogP contribution >= 0.6 is 23.2 Å². The summed E-state index contributed by atoms with van der Waals surface area (Å²) in [6.07, 6.45) is 1.58. The highest BCUT2D eigenvalue weighted by Crippen LogP contribution is 2.16. The summed E-state index contributed by atoms with van der Waals surface area (Å²) in [6, 6.07) is 16.3. The molecule has 0 aromatic heterocycles. The minimum Gasteiger partial charge on any atom is -0.461 e. The Balaban J connectivity index is 2.28. The van der Waals surface area contributed by atoms with Crippen LogP contribution < -0.4 is 0 Å². The number of esters is 1. The van der Waals surface area contributed by atoms with E-state index < -0.39 is 5.97 Å². The van der Waals surface area contributed by atoms with Gasteiger partial charge in [0.2, 0.25) is 0 Å². The molecule has 0 amide bonds. The lowest BCUT2D eigenvalue weighted by Gasteiger charge is -2.01. The summed E-state index contributed by atoms with van der Waals surface area (Å²) in [5.74, 6) is -0.550. The summed E-state index contributed by atoms with van der Waals surface area (Å²) < 4.78 is 4.99. The molecule has 0 spiro atoms. The minimum atomic E-state index is -0.550. The molecular weight excluding hydrogens is 347 g/mol. The first-order valence-electron chi connectivity index (χ1n) is 7.15. The topological polar surface area (TPSA) is 51.0 Å². The Morgan fingerprint density at radius 3 is 2.25 bits per heavy atom. The number of hydrogen-bond acceptors (Lipinski definition) is 4. The van der Waals surface area contributed by atoms with Gasteiger partial charge in [0, 0.05) is 10.0 Å². The van der Waals surface area contributed by atoms with Crippen LogP contribution in [0.4, 0.5) is 5.69 Å². The largest absolute Gasteiger partial charge is 0.461 e. The lowest BCUT2D eigenvalue weighted by Crippen LogP contribution is -2.05. The van der Waals surface area contributed by atoms with Gasteiger partial charge in [-0.3, -0.25) is 0 Å². The fourth-order valence-corrected chi connectivity index (χ4v) is 1.96. The number of rotatable bonds is 5. The molecule has 0 aliphatic rings. The first-order chi connectivity index (χ1) is 11.6. The number of halogens is 2. The number of hydrogen-bond donors (Lipinski definition) is 0. The molecule has 122 valence electrons. The number of benzene rings is 2. The maximum absolute atomic E-state index is 12.0. The lowest BCUT2D eigenvalue weighted by atomic mass is 10.2. The van der Waals surface area contributed by atoms with Crippen LogP contribution in [0.3, 0.4) is 0 Å². The average molecular weight is 361 g/mol. The molecule has 0 radical (unpaired) electrons. The summed E-state index contributed by atoms with van der Waals surface area (Å²) in [7, 11) is 0. The van der Waals surface area contributed by atoms with E-state index >= 15 is 0 Å². The van der Waals surface area contributed by atoms with Gasteiger partial charge in [-0.05, 0) is 55.0 Å². The molecule has 0 saturated heterocycles. The van der Waals surface area contributed by atoms with Crippen LogP contribution in [0.2, 0.25) is 10.0 Å². The summed E-state index contributed by atoms with van der Waals surface area (Å²) in [4.78, 5) is 20.0. The maximum Gasteiger partial charge on any atom is 0.357 e. The van der Waals surface area contributed by atoms with Crippen molar-refractivity contribution in [1.29, 1.82) is 0 Å². The molecule has 0 bridgehead atoms. The van der Waals surface area contributed by atoms with Crippen molar-refractivity contribution >= 4 is 46.9 Å². The van der Waals surface area contributed by atoms with Gasteiger partial charge in [0.1, 0.15) is 6.01 Å².